The van der Waals surface area contributed by atoms with E-state index in [1.54, 1.807) is 0 Å². The third kappa shape index (κ3) is 6.55. The van der Waals surface area contributed by atoms with Gasteiger partial charge in [-0.2, -0.15) is 5.10 Å². The van der Waals surface area contributed by atoms with E-state index in [4.69, 9.17) is 0 Å². The van der Waals surface area contributed by atoms with E-state index in [9.17, 15) is 4.79 Å². The minimum absolute atomic E-state index is 0.318. The average Bonchev–Trinajstić information content (AvgIpc) is 2.78. The maximum atomic E-state index is 9.60. The molecule has 0 atom stereocenters. The molecule has 1 saturated carbocycles. The lowest BCUT2D eigenvalue weighted by Crippen LogP contribution is -2.60. The van der Waals surface area contributed by atoms with Crippen molar-refractivity contribution in [1.29, 1.82) is 0 Å². The minimum atomic E-state index is -0.318. The first-order chi connectivity index (χ1) is 11.1. The van der Waals surface area contributed by atoms with Gasteiger partial charge >= 0.3 is 0 Å². The summed E-state index contributed by atoms with van der Waals surface area (Å²) in [4.78, 5) is 12.0. The van der Waals surface area contributed by atoms with Gasteiger partial charge in [0, 0.05) is 19.3 Å². The van der Waals surface area contributed by atoms with Gasteiger partial charge in [0.15, 0.2) is 0 Å². The molecular formula is C18H32BrN3O2. The Morgan fingerprint density at radius 2 is 1.92 bits per heavy atom. The Bertz CT molecular complexity index is 497. The third-order valence-electron chi connectivity index (χ3n) is 3.90. The molecule has 6 heteroatoms. The van der Waals surface area contributed by atoms with Crippen molar-refractivity contribution in [2.24, 2.45) is 5.41 Å². The van der Waals surface area contributed by atoms with Crippen LogP contribution in [0.2, 0.25) is 0 Å². The molecule has 0 aromatic carbocycles. The van der Waals surface area contributed by atoms with E-state index in [0.29, 0.717) is 17.9 Å². The molecule has 0 bridgehead atoms. The van der Waals surface area contributed by atoms with Crippen molar-refractivity contribution in [3.8, 4) is 0 Å². The fourth-order valence-corrected chi connectivity index (χ4v) is 3.45. The van der Waals surface area contributed by atoms with Gasteiger partial charge in [0.05, 0.1) is 6.04 Å². The number of hydrogen-bond donors (Lipinski definition) is 0. The molecule has 24 heavy (non-hydrogen) atoms. The quantitative estimate of drug-likeness (QED) is 0.693. The van der Waals surface area contributed by atoms with Gasteiger partial charge in [-0.1, -0.05) is 20.3 Å². The summed E-state index contributed by atoms with van der Waals surface area (Å²) in [6.45, 7) is 12.7. The van der Waals surface area contributed by atoms with Crippen LogP contribution in [0.15, 0.2) is 16.9 Å². The van der Waals surface area contributed by atoms with Gasteiger partial charge in [-0.05, 0) is 68.1 Å². The molecule has 1 aliphatic carbocycles. The summed E-state index contributed by atoms with van der Waals surface area (Å²) in [5, 5.41) is 4.40. The number of nitrogens with zero attached hydrogens (tertiary/aromatic N) is 3. The molecule has 0 amide bonds. The molecule has 0 N–H and O–H groups in total. The van der Waals surface area contributed by atoms with Crippen LogP contribution in [0.3, 0.4) is 0 Å². The number of hydrogen-bond acceptors (Lipinski definition) is 4. The normalized spacial score (nSPS) is 19.1. The van der Waals surface area contributed by atoms with Crippen LogP contribution >= 0.6 is 15.9 Å². The second kappa shape index (κ2) is 8.99. The van der Waals surface area contributed by atoms with Crippen LogP contribution in [0.25, 0.3) is 0 Å². The Kier molecular flexibility index (Phi) is 7.93. The van der Waals surface area contributed by atoms with Crippen molar-refractivity contribution in [2.45, 2.75) is 65.5 Å². The highest BCUT2D eigenvalue weighted by Crippen LogP contribution is 2.53. The number of halogens is 1. The zero-order chi connectivity index (χ0) is 18.4. The first-order valence-corrected chi connectivity index (χ1v) is 9.44. The van der Waals surface area contributed by atoms with Crippen LogP contribution in [0.1, 0.15) is 59.9 Å². The predicted octanol–water partition coefficient (Wildman–Crippen LogP) is 4.29. The zero-order valence-corrected chi connectivity index (χ0v) is 17.5. The van der Waals surface area contributed by atoms with Crippen molar-refractivity contribution < 1.29 is 9.53 Å². The topological polar surface area (TPSA) is 47.4 Å². The first kappa shape index (κ1) is 21.2. The first-order valence-electron chi connectivity index (χ1n) is 8.65. The standard InChI is InChI=1S/C10H14BrN3.C5H10O2.C3H8/c1-13-6-10(7-13)4-8(5-10)14-3-2-9(11)12-14;1-5(2,3)7-4-6;1-3-2/h2-3,8H,4-7H2,1H3;4H,1-3H3;3H2,1-2H3. The van der Waals surface area contributed by atoms with E-state index < -0.39 is 0 Å². The van der Waals surface area contributed by atoms with E-state index in [1.807, 2.05) is 26.8 Å². The van der Waals surface area contributed by atoms with Crippen molar-refractivity contribution in [3.63, 3.8) is 0 Å². The van der Waals surface area contributed by atoms with Gasteiger partial charge in [-0.25, -0.2) is 0 Å². The van der Waals surface area contributed by atoms with E-state index in [2.05, 4.69) is 62.4 Å². The number of ether oxygens (including phenoxy) is 1. The Labute approximate surface area is 154 Å². The molecule has 2 fully saturated rings. The molecule has 1 spiro atoms. The van der Waals surface area contributed by atoms with E-state index in [1.165, 1.54) is 32.4 Å². The van der Waals surface area contributed by atoms with Crippen molar-refractivity contribution in [1.82, 2.24) is 14.7 Å². The highest BCUT2D eigenvalue weighted by atomic mass is 79.9. The highest BCUT2D eigenvalue weighted by molar-refractivity contribution is 9.10. The van der Waals surface area contributed by atoms with Crippen molar-refractivity contribution in [3.05, 3.63) is 16.9 Å². The second-order valence-corrected chi connectivity index (χ2v) is 8.70. The van der Waals surface area contributed by atoms with E-state index in [0.717, 1.165) is 4.60 Å². The van der Waals surface area contributed by atoms with Gasteiger partial charge in [0.2, 0.25) is 0 Å². The van der Waals surface area contributed by atoms with Crippen molar-refractivity contribution in [2.75, 3.05) is 20.1 Å². The lowest BCUT2D eigenvalue weighted by Gasteiger charge is -2.58. The zero-order valence-electron chi connectivity index (χ0n) is 15.9. The smallest absolute Gasteiger partial charge is 0.293 e. The van der Waals surface area contributed by atoms with Gasteiger partial charge < -0.3 is 9.64 Å². The van der Waals surface area contributed by atoms with Gasteiger partial charge in [-0.15, -0.1) is 0 Å². The molecule has 0 unspecified atom stereocenters. The molecular weight excluding hydrogens is 370 g/mol. The second-order valence-electron chi connectivity index (χ2n) is 7.89. The number of carbonyl (C=O) groups is 1. The van der Waals surface area contributed by atoms with Crippen LogP contribution in [-0.4, -0.2) is 46.9 Å². The fourth-order valence-electron chi connectivity index (χ4n) is 3.15. The molecule has 1 aliphatic heterocycles. The molecule has 3 rings (SSSR count). The van der Waals surface area contributed by atoms with Gasteiger partial charge in [0.25, 0.3) is 6.47 Å². The molecule has 1 saturated heterocycles. The predicted molar refractivity (Wildman–Crippen MR) is 101 cm³/mol. The summed E-state index contributed by atoms with van der Waals surface area (Å²) < 4.78 is 7.60. The third-order valence-corrected chi connectivity index (χ3v) is 4.32. The molecule has 2 aliphatic rings. The monoisotopic (exact) mass is 401 g/mol. The minimum Gasteiger partial charge on any atom is -0.462 e. The Morgan fingerprint density at radius 1 is 1.38 bits per heavy atom. The van der Waals surface area contributed by atoms with Crippen LogP contribution in [0, 0.1) is 5.41 Å². The molecule has 1 aromatic heterocycles. The summed E-state index contributed by atoms with van der Waals surface area (Å²) in [5.41, 5.74) is 0.333. The maximum Gasteiger partial charge on any atom is 0.293 e. The molecule has 138 valence electrons. The molecule has 1 aromatic rings. The van der Waals surface area contributed by atoms with Crippen LogP contribution in [-0.2, 0) is 9.53 Å². The summed E-state index contributed by atoms with van der Waals surface area (Å²) in [5.74, 6) is 0. The van der Waals surface area contributed by atoms with Crippen molar-refractivity contribution >= 4 is 22.4 Å². The van der Waals surface area contributed by atoms with Crippen LogP contribution in [0.5, 0.6) is 0 Å². The summed E-state index contributed by atoms with van der Waals surface area (Å²) in [6.07, 6.45) is 5.95. The molecule has 5 nitrogen and oxygen atoms in total. The van der Waals surface area contributed by atoms with Gasteiger partial charge in [0.1, 0.15) is 10.2 Å². The fraction of sp³-hybridized carbons (Fsp3) is 0.778. The Balaban J connectivity index is 0.000000246. The lowest BCUT2D eigenvalue weighted by atomic mass is 9.61. The number of likely N-dealkylation sites (tertiary alicyclic amines) is 1. The summed E-state index contributed by atoms with van der Waals surface area (Å²) in [6, 6.07) is 2.66. The Hall–Kier alpha value is -0.880. The Morgan fingerprint density at radius 3 is 2.21 bits per heavy atom. The number of aromatic nitrogens is 2. The van der Waals surface area contributed by atoms with Crippen LogP contribution < -0.4 is 0 Å². The molecule has 0 radical (unpaired) electrons. The number of carbonyl (C=O) groups excluding carboxylic acids is 1. The van der Waals surface area contributed by atoms with E-state index in [-0.39, 0.29) is 5.60 Å². The van der Waals surface area contributed by atoms with Crippen LogP contribution in [0.4, 0.5) is 0 Å². The highest BCUT2D eigenvalue weighted by Gasteiger charge is 2.51. The lowest BCUT2D eigenvalue weighted by molar-refractivity contribution is -0.138. The molecule has 2 heterocycles. The summed E-state index contributed by atoms with van der Waals surface area (Å²) in [7, 11) is 2.20. The van der Waals surface area contributed by atoms with Gasteiger partial charge in [-0.3, -0.25) is 9.48 Å². The van der Waals surface area contributed by atoms with E-state index >= 15 is 0 Å². The largest absolute Gasteiger partial charge is 0.462 e. The summed E-state index contributed by atoms with van der Waals surface area (Å²) >= 11 is 3.38. The maximum absolute atomic E-state index is 9.60. The average molecular weight is 402 g/mol. The SMILES string of the molecule is CC(C)(C)OC=O.CCC.CN1CC2(CC(n3ccc(Br)n3)C2)C1. The number of rotatable bonds is 2.